The van der Waals surface area contributed by atoms with Crippen LogP contribution in [-0.2, 0) is 16.4 Å². The van der Waals surface area contributed by atoms with Gasteiger partial charge in [0.15, 0.2) is 0 Å². The molecule has 6 heteroatoms. The largest absolute Gasteiger partial charge is 0.281 e. The van der Waals surface area contributed by atoms with Gasteiger partial charge in [-0.2, -0.15) is 5.10 Å². The van der Waals surface area contributed by atoms with Gasteiger partial charge in [-0.3, -0.25) is 5.10 Å². The molecule has 0 aliphatic carbocycles. The molecular weight excluding hydrogens is 286 g/mol. The molecule has 0 unspecified atom stereocenters. The standard InChI is InChI=1S/C15H21N3O2S/c1-12-15(13(2)17-16-12)21(19,20)18(3)11-7-10-14-8-5-4-6-9-14/h4-6,8-9H,7,10-11H2,1-3H3,(H,16,17). The summed E-state index contributed by atoms with van der Waals surface area (Å²) in [6.45, 7) is 3.92. The van der Waals surface area contributed by atoms with Crippen LogP contribution in [0.1, 0.15) is 23.4 Å². The molecular formula is C15H21N3O2S. The molecule has 0 aliphatic rings. The highest BCUT2D eigenvalue weighted by Crippen LogP contribution is 2.20. The number of sulfonamides is 1. The van der Waals surface area contributed by atoms with E-state index in [1.165, 1.54) is 9.87 Å². The van der Waals surface area contributed by atoms with Gasteiger partial charge in [0.2, 0.25) is 10.0 Å². The number of nitrogens with one attached hydrogen (secondary N) is 1. The van der Waals surface area contributed by atoms with Gasteiger partial charge >= 0.3 is 0 Å². The van der Waals surface area contributed by atoms with E-state index in [2.05, 4.69) is 22.3 Å². The normalized spacial score (nSPS) is 12.0. The third-order valence-corrected chi connectivity index (χ3v) is 5.63. The lowest BCUT2D eigenvalue weighted by atomic mass is 10.1. The first-order valence-electron chi connectivity index (χ1n) is 6.94. The number of nitrogens with zero attached hydrogens (tertiary/aromatic N) is 2. The summed E-state index contributed by atoms with van der Waals surface area (Å²) in [6.07, 6.45) is 1.65. The van der Waals surface area contributed by atoms with Gasteiger partial charge in [0.05, 0.1) is 11.4 Å². The number of hydrogen-bond donors (Lipinski definition) is 1. The van der Waals surface area contributed by atoms with Crippen molar-refractivity contribution in [1.29, 1.82) is 0 Å². The van der Waals surface area contributed by atoms with Crippen LogP contribution in [0.15, 0.2) is 35.2 Å². The zero-order chi connectivity index (χ0) is 15.5. The zero-order valence-electron chi connectivity index (χ0n) is 12.6. The molecule has 21 heavy (non-hydrogen) atoms. The number of aromatic nitrogens is 2. The molecule has 0 radical (unpaired) electrons. The molecule has 0 bridgehead atoms. The van der Waals surface area contributed by atoms with Crippen LogP contribution in [0.5, 0.6) is 0 Å². The molecule has 2 rings (SSSR count). The topological polar surface area (TPSA) is 66.1 Å². The van der Waals surface area contributed by atoms with E-state index >= 15 is 0 Å². The van der Waals surface area contributed by atoms with E-state index in [9.17, 15) is 8.42 Å². The van der Waals surface area contributed by atoms with E-state index in [0.29, 0.717) is 22.8 Å². The van der Waals surface area contributed by atoms with Gasteiger partial charge in [0.25, 0.3) is 0 Å². The fourth-order valence-electron chi connectivity index (χ4n) is 2.35. The SMILES string of the molecule is Cc1n[nH]c(C)c1S(=O)(=O)N(C)CCCc1ccccc1. The van der Waals surface area contributed by atoms with E-state index in [1.54, 1.807) is 20.9 Å². The first-order chi connectivity index (χ1) is 9.93. The first-order valence-corrected chi connectivity index (χ1v) is 8.38. The molecule has 0 atom stereocenters. The lowest BCUT2D eigenvalue weighted by Gasteiger charge is -2.17. The lowest BCUT2D eigenvalue weighted by molar-refractivity contribution is 0.460. The Labute approximate surface area is 126 Å². The Morgan fingerprint density at radius 3 is 2.43 bits per heavy atom. The molecule has 0 fully saturated rings. The molecule has 0 saturated heterocycles. The molecule has 0 spiro atoms. The average molecular weight is 307 g/mol. The van der Waals surface area contributed by atoms with Crippen molar-refractivity contribution >= 4 is 10.0 Å². The molecule has 0 aliphatic heterocycles. The summed E-state index contributed by atoms with van der Waals surface area (Å²) >= 11 is 0. The van der Waals surface area contributed by atoms with Crippen molar-refractivity contribution < 1.29 is 8.42 Å². The second-order valence-corrected chi connectivity index (χ2v) is 7.16. The quantitative estimate of drug-likeness (QED) is 0.890. The van der Waals surface area contributed by atoms with Crippen molar-refractivity contribution in [1.82, 2.24) is 14.5 Å². The van der Waals surface area contributed by atoms with Crippen LogP contribution in [0.4, 0.5) is 0 Å². The van der Waals surface area contributed by atoms with Crippen LogP contribution < -0.4 is 0 Å². The van der Waals surface area contributed by atoms with Crippen molar-refractivity contribution in [3.05, 3.63) is 47.3 Å². The number of hydrogen-bond acceptors (Lipinski definition) is 3. The van der Waals surface area contributed by atoms with Crippen molar-refractivity contribution in [2.75, 3.05) is 13.6 Å². The van der Waals surface area contributed by atoms with E-state index in [-0.39, 0.29) is 0 Å². The average Bonchev–Trinajstić information content (AvgIpc) is 2.79. The Bertz CT molecular complexity index is 673. The van der Waals surface area contributed by atoms with Crippen molar-refractivity contribution in [3.63, 3.8) is 0 Å². The van der Waals surface area contributed by atoms with Gasteiger partial charge in [-0.15, -0.1) is 0 Å². The summed E-state index contributed by atoms with van der Waals surface area (Å²) in [5, 5.41) is 6.69. The highest BCUT2D eigenvalue weighted by Gasteiger charge is 2.26. The minimum atomic E-state index is -3.47. The van der Waals surface area contributed by atoms with Crippen molar-refractivity contribution in [2.24, 2.45) is 0 Å². The number of rotatable bonds is 6. The Balaban J connectivity index is 2.01. The van der Waals surface area contributed by atoms with Crippen LogP contribution in [-0.4, -0.2) is 36.5 Å². The van der Waals surface area contributed by atoms with Gasteiger partial charge in [-0.05, 0) is 32.3 Å². The van der Waals surface area contributed by atoms with Gasteiger partial charge in [-0.1, -0.05) is 30.3 Å². The summed E-state index contributed by atoms with van der Waals surface area (Å²) in [5.74, 6) is 0. The van der Waals surface area contributed by atoms with E-state index in [0.717, 1.165) is 12.8 Å². The maximum atomic E-state index is 12.5. The number of H-pyrrole nitrogens is 1. The van der Waals surface area contributed by atoms with Crippen LogP contribution in [0.2, 0.25) is 0 Å². The molecule has 1 aromatic heterocycles. The van der Waals surface area contributed by atoms with Crippen molar-refractivity contribution in [2.45, 2.75) is 31.6 Å². The lowest BCUT2D eigenvalue weighted by Crippen LogP contribution is -2.29. The fraction of sp³-hybridized carbons (Fsp3) is 0.400. The molecule has 1 aromatic carbocycles. The van der Waals surface area contributed by atoms with E-state index in [4.69, 9.17) is 0 Å². The molecule has 1 heterocycles. The monoisotopic (exact) mass is 307 g/mol. The first kappa shape index (κ1) is 15.7. The zero-order valence-corrected chi connectivity index (χ0v) is 13.4. The Hall–Kier alpha value is -1.66. The summed E-state index contributed by atoms with van der Waals surface area (Å²) in [4.78, 5) is 0.296. The van der Waals surface area contributed by atoms with Gasteiger partial charge < -0.3 is 0 Å². The summed E-state index contributed by atoms with van der Waals surface area (Å²) < 4.78 is 26.5. The van der Waals surface area contributed by atoms with E-state index < -0.39 is 10.0 Å². The van der Waals surface area contributed by atoms with Crippen molar-refractivity contribution in [3.8, 4) is 0 Å². The maximum absolute atomic E-state index is 12.5. The number of aromatic amines is 1. The predicted molar refractivity (Wildman–Crippen MR) is 82.6 cm³/mol. The molecule has 0 amide bonds. The third kappa shape index (κ3) is 3.51. The van der Waals surface area contributed by atoms with Crippen LogP contribution >= 0.6 is 0 Å². The van der Waals surface area contributed by atoms with E-state index in [1.807, 2.05) is 18.2 Å². The van der Waals surface area contributed by atoms with Crippen LogP contribution in [0, 0.1) is 13.8 Å². The maximum Gasteiger partial charge on any atom is 0.246 e. The van der Waals surface area contributed by atoms with Gasteiger partial charge in [-0.25, -0.2) is 12.7 Å². The molecule has 5 nitrogen and oxygen atoms in total. The Kier molecular flexibility index (Phi) is 4.80. The highest BCUT2D eigenvalue weighted by atomic mass is 32.2. The molecule has 1 N–H and O–H groups in total. The number of benzene rings is 1. The summed E-state index contributed by atoms with van der Waals surface area (Å²) in [6, 6.07) is 10.1. The van der Waals surface area contributed by atoms with Gasteiger partial charge in [0.1, 0.15) is 4.90 Å². The van der Waals surface area contributed by atoms with Crippen LogP contribution in [0.25, 0.3) is 0 Å². The second kappa shape index (κ2) is 6.41. The number of aryl methyl sites for hydroxylation is 3. The molecule has 114 valence electrons. The van der Waals surface area contributed by atoms with Crippen LogP contribution in [0.3, 0.4) is 0 Å². The summed E-state index contributed by atoms with van der Waals surface area (Å²) in [7, 11) is -1.85. The minimum Gasteiger partial charge on any atom is -0.281 e. The highest BCUT2D eigenvalue weighted by molar-refractivity contribution is 7.89. The third-order valence-electron chi connectivity index (χ3n) is 3.51. The molecule has 0 saturated carbocycles. The minimum absolute atomic E-state index is 0.296. The predicted octanol–water partition coefficient (Wildman–Crippen LogP) is 2.28. The van der Waals surface area contributed by atoms with Gasteiger partial charge in [0, 0.05) is 13.6 Å². The Morgan fingerprint density at radius 2 is 1.86 bits per heavy atom. The smallest absolute Gasteiger partial charge is 0.246 e. The Morgan fingerprint density at radius 1 is 1.19 bits per heavy atom. The molecule has 2 aromatic rings. The summed E-state index contributed by atoms with van der Waals surface area (Å²) in [5.41, 5.74) is 2.32. The fourth-order valence-corrected chi connectivity index (χ4v) is 3.88. The second-order valence-electron chi connectivity index (χ2n) is 5.18.